The fourth-order valence-electron chi connectivity index (χ4n) is 3.09. The molecule has 0 spiro atoms. The molecule has 0 saturated heterocycles. The predicted octanol–water partition coefficient (Wildman–Crippen LogP) is 2.35. The van der Waals surface area contributed by atoms with Gasteiger partial charge in [0.2, 0.25) is 15.9 Å². The van der Waals surface area contributed by atoms with Crippen molar-refractivity contribution in [2.24, 2.45) is 0 Å². The Hall–Kier alpha value is -1.73. The van der Waals surface area contributed by atoms with E-state index in [1.807, 2.05) is 0 Å². The number of benzene rings is 1. The molecule has 1 aromatic rings. The molecule has 7 heteroatoms. The van der Waals surface area contributed by atoms with Crippen molar-refractivity contribution in [1.29, 1.82) is 0 Å². The van der Waals surface area contributed by atoms with Gasteiger partial charge in [-0.05, 0) is 31.9 Å². The van der Waals surface area contributed by atoms with E-state index in [-0.39, 0.29) is 35.6 Å². The molecule has 1 amide bonds. The van der Waals surface area contributed by atoms with Gasteiger partial charge in [-0.2, -0.15) is 0 Å². The van der Waals surface area contributed by atoms with Crippen molar-refractivity contribution in [3.63, 3.8) is 0 Å². The molecular weight excluding hydrogens is 340 g/mol. The summed E-state index contributed by atoms with van der Waals surface area (Å²) in [6, 6.07) is 6.04. The number of nitrogens with one attached hydrogen (secondary N) is 1. The maximum atomic E-state index is 12.2. The lowest BCUT2D eigenvalue weighted by atomic mass is 9.94. The highest BCUT2D eigenvalue weighted by molar-refractivity contribution is 7.89. The third-order valence-corrected chi connectivity index (χ3v) is 6.19. The van der Waals surface area contributed by atoms with Gasteiger partial charge in [-0.15, -0.1) is 0 Å². The van der Waals surface area contributed by atoms with Crippen molar-refractivity contribution in [3.05, 3.63) is 29.8 Å². The van der Waals surface area contributed by atoms with E-state index in [1.54, 1.807) is 11.9 Å². The molecule has 0 atom stereocenters. The zero-order valence-corrected chi connectivity index (χ0v) is 15.6. The van der Waals surface area contributed by atoms with Gasteiger partial charge in [0.05, 0.1) is 4.90 Å². The molecule has 1 fully saturated rings. The number of Topliss-reactive ketones (excluding diaryl/α,β-unsaturated/α-hetero) is 1. The van der Waals surface area contributed by atoms with Crippen LogP contribution in [0.25, 0.3) is 0 Å². The minimum absolute atomic E-state index is 0.0403. The summed E-state index contributed by atoms with van der Waals surface area (Å²) in [6.07, 6.45) is 5.70. The second kappa shape index (κ2) is 8.58. The second-order valence-corrected chi connectivity index (χ2v) is 8.29. The van der Waals surface area contributed by atoms with Crippen LogP contribution in [0.3, 0.4) is 0 Å². The molecule has 0 radical (unpaired) electrons. The summed E-state index contributed by atoms with van der Waals surface area (Å²) in [5.41, 5.74) is 0.461. The zero-order valence-electron chi connectivity index (χ0n) is 14.8. The van der Waals surface area contributed by atoms with Crippen LogP contribution < -0.4 is 4.72 Å². The average molecular weight is 366 g/mol. The first kappa shape index (κ1) is 19.6. The lowest BCUT2D eigenvalue weighted by molar-refractivity contribution is -0.132. The van der Waals surface area contributed by atoms with E-state index < -0.39 is 10.0 Å². The first-order valence-corrected chi connectivity index (χ1v) is 10.2. The Bertz CT molecular complexity index is 707. The Morgan fingerprint density at radius 1 is 1.12 bits per heavy atom. The van der Waals surface area contributed by atoms with E-state index in [0.717, 1.165) is 25.7 Å². The van der Waals surface area contributed by atoms with Crippen molar-refractivity contribution in [1.82, 2.24) is 9.62 Å². The highest BCUT2D eigenvalue weighted by Crippen LogP contribution is 2.22. The van der Waals surface area contributed by atoms with E-state index in [2.05, 4.69) is 4.72 Å². The third kappa shape index (κ3) is 5.37. The fraction of sp³-hybridized carbons (Fsp3) is 0.556. The molecule has 1 saturated carbocycles. The van der Waals surface area contributed by atoms with E-state index in [1.165, 1.54) is 37.6 Å². The summed E-state index contributed by atoms with van der Waals surface area (Å²) < 4.78 is 26.9. The molecule has 1 aliphatic carbocycles. The molecule has 1 aromatic carbocycles. The standard InChI is InChI=1S/C18H26N2O4S/c1-14(21)15-8-10-17(11-9-15)25(23,24)19-13-12-18(22)20(2)16-6-4-3-5-7-16/h8-11,16,19H,3-7,12-13H2,1-2H3. The van der Waals surface area contributed by atoms with Gasteiger partial charge in [-0.1, -0.05) is 31.4 Å². The lowest BCUT2D eigenvalue weighted by Gasteiger charge is -2.31. The zero-order chi connectivity index (χ0) is 18.4. The van der Waals surface area contributed by atoms with Crippen molar-refractivity contribution in [2.45, 2.75) is 56.4 Å². The Kier molecular flexibility index (Phi) is 6.72. The van der Waals surface area contributed by atoms with Gasteiger partial charge >= 0.3 is 0 Å². The Labute approximate surface area is 149 Å². The van der Waals surface area contributed by atoms with E-state index in [0.29, 0.717) is 5.56 Å². The molecule has 6 nitrogen and oxygen atoms in total. The van der Waals surface area contributed by atoms with Crippen LogP contribution in [0.1, 0.15) is 55.8 Å². The SMILES string of the molecule is CC(=O)c1ccc(S(=O)(=O)NCCC(=O)N(C)C2CCCCC2)cc1. The van der Waals surface area contributed by atoms with Crippen molar-refractivity contribution in [2.75, 3.05) is 13.6 Å². The minimum Gasteiger partial charge on any atom is -0.343 e. The van der Waals surface area contributed by atoms with Gasteiger partial charge in [0.1, 0.15) is 0 Å². The normalized spacial score (nSPS) is 15.8. The number of carbonyl (C=O) groups is 2. The maximum Gasteiger partial charge on any atom is 0.240 e. The van der Waals surface area contributed by atoms with E-state index in [9.17, 15) is 18.0 Å². The topological polar surface area (TPSA) is 83.5 Å². The number of nitrogens with zero attached hydrogens (tertiary/aromatic N) is 1. The first-order valence-electron chi connectivity index (χ1n) is 8.67. The fourth-order valence-corrected chi connectivity index (χ4v) is 4.12. The van der Waals surface area contributed by atoms with Gasteiger partial charge in [-0.25, -0.2) is 13.1 Å². The van der Waals surface area contributed by atoms with Crippen LogP contribution in [-0.2, 0) is 14.8 Å². The van der Waals surface area contributed by atoms with Crippen molar-refractivity contribution < 1.29 is 18.0 Å². The van der Waals surface area contributed by atoms with Crippen molar-refractivity contribution >= 4 is 21.7 Å². The predicted molar refractivity (Wildman–Crippen MR) is 95.9 cm³/mol. The van der Waals surface area contributed by atoms with Crippen LogP contribution in [0.2, 0.25) is 0 Å². The van der Waals surface area contributed by atoms with E-state index >= 15 is 0 Å². The van der Waals surface area contributed by atoms with Crippen LogP contribution in [0.4, 0.5) is 0 Å². The molecule has 1 N–H and O–H groups in total. The molecule has 25 heavy (non-hydrogen) atoms. The summed E-state index contributed by atoms with van der Waals surface area (Å²) in [5.74, 6) is -0.158. The Morgan fingerprint density at radius 2 is 1.72 bits per heavy atom. The van der Waals surface area contributed by atoms with Gasteiger partial charge in [0, 0.05) is 31.6 Å². The Morgan fingerprint density at radius 3 is 2.28 bits per heavy atom. The lowest BCUT2D eigenvalue weighted by Crippen LogP contribution is -2.39. The number of amides is 1. The van der Waals surface area contributed by atoms with E-state index in [4.69, 9.17) is 0 Å². The Balaban J connectivity index is 1.86. The molecule has 138 valence electrons. The van der Waals surface area contributed by atoms with Crippen LogP contribution >= 0.6 is 0 Å². The smallest absolute Gasteiger partial charge is 0.240 e. The number of ketones is 1. The third-order valence-electron chi connectivity index (χ3n) is 4.72. The van der Waals surface area contributed by atoms with Crippen LogP contribution in [0.15, 0.2) is 29.2 Å². The molecule has 1 aliphatic rings. The molecule has 0 aliphatic heterocycles. The molecular formula is C18H26N2O4S. The summed E-state index contributed by atoms with van der Waals surface area (Å²) in [7, 11) is -1.88. The van der Waals surface area contributed by atoms with Crippen LogP contribution in [0.5, 0.6) is 0 Å². The summed E-state index contributed by atoms with van der Waals surface area (Å²) in [6.45, 7) is 1.49. The largest absolute Gasteiger partial charge is 0.343 e. The highest BCUT2D eigenvalue weighted by Gasteiger charge is 2.22. The first-order chi connectivity index (χ1) is 11.8. The second-order valence-electron chi connectivity index (χ2n) is 6.52. The number of hydrogen-bond donors (Lipinski definition) is 1. The molecule has 0 heterocycles. The van der Waals surface area contributed by atoms with Crippen LogP contribution in [0, 0.1) is 0 Å². The van der Waals surface area contributed by atoms with Gasteiger partial charge in [0.25, 0.3) is 0 Å². The number of sulfonamides is 1. The van der Waals surface area contributed by atoms with Gasteiger partial charge in [-0.3, -0.25) is 9.59 Å². The highest BCUT2D eigenvalue weighted by atomic mass is 32.2. The summed E-state index contributed by atoms with van der Waals surface area (Å²) in [4.78, 5) is 25.3. The quantitative estimate of drug-likeness (QED) is 0.751. The molecule has 0 unspecified atom stereocenters. The average Bonchev–Trinajstić information content (AvgIpc) is 2.61. The summed E-state index contributed by atoms with van der Waals surface area (Å²) in [5, 5.41) is 0. The van der Waals surface area contributed by atoms with Crippen molar-refractivity contribution in [3.8, 4) is 0 Å². The monoisotopic (exact) mass is 366 g/mol. The van der Waals surface area contributed by atoms with Gasteiger partial charge < -0.3 is 4.90 Å². The number of hydrogen-bond acceptors (Lipinski definition) is 4. The molecule has 0 bridgehead atoms. The van der Waals surface area contributed by atoms with Crippen LogP contribution in [-0.4, -0.2) is 44.6 Å². The van der Waals surface area contributed by atoms with Gasteiger partial charge in [0.15, 0.2) is 5.78 Å². The molecule has 2 rings (SSSR count). The number of carbonyl (C=O) groups excluding carboxylic acids is 2. The molecule has 0 aromatic heterocycles. The minimum atomic E-state index is -3.68. The summed E-state index contributed by atoms with van der Waals surface area (Å²) >= 11 is 0. The number of rotatable bonds is 7. The maximum absolute atomic E-state index is 12.2.